The van der Waals surface area contributed by atoms with Gasteiger partial charge in [0.25, 0.3) is 0 Å². The summed E-state index contributed by atoms with van der Waals surface area (Å²) in [4.78, 5) is 33.2. The molecule has 1 atom stereocenters. The standard InChI is InChI=1S/C14H17NO5/c1-9-4-2-3-5-10(9)8-12(16)15-11(14(19)20)6-7-13(17)18/h2-5,11H,6-8H2,1H3,(H,15,16)(H,17,18)(H,19,20)/t11-/m0/s1. The molecule has 20 heavy (non-hydrogen) atoms. The van der Waals surface area contributed by atoms with E-state index >= 15 is 0 Å². The summed E-state index contributed by atoms with van der Waals surface area (Å²) in [5.74, 6) is -2.76. The number of carboxylic acid groups (broad SMARTS) is 2. The fourth-order valence-corrected chi connectivity index (χ4v) is 1.75. The Bertz CT molecular complexity index is 512. The highest BCUT2D eigenvalue weighted by atomic mass is 16.4. The normalized spacial score (nSPS) is 11.7. The first-order chi connectivity index (χ1) is 9.40. The second-order valence-electron chi connectivity index (χ2n) is 4.49. The second kappa shape index (κ2) is 7.28. The fourth-order valence-electron chi connectivity index (χ4n) is 1.75. The molecule has 108 valence electrons. The lowest BCUT2D eigenvalue weighted by Gasteiger charge is -2.14. The van der Waals surface area contributed by atoms with Crippen LogP contribution in [0.3, 0.4) is 0 Å². The molecule has 0 heterocycles. The van der Waals surface area contributed by atoms with E-state index in [1.165, 1.54) is 0 Å². The minimum Gasteiger partial charge on any atom is -0.481 e. The SMILES string of the molecule is Cc1ccccc1CC(=O)N[C@@H](CCC(=O)O)C(=O)O. The van der Waals surface area contributed by atoms with E-state index in [1.54, 1.807) is 12.1 Å². The first-order valence-electron chi connectivity index (χ1n) is 6.18. The van der Waals surface area contributed by atoms with E-state index in [0.29, 0.717) is 0 Å². The third-order valence-corrected chi connectivity index (χ3v) is 2.89. The summed E-state index contributed by atoms with van der Waals surface area (Å²) < 4.78 is 0. The van der Waals surface area contributed by atoms with Crippen molar-refractivity contribution in [1.82, 2.24) is 5.32 Å². The van der Waals surface area contributed by atoms with E-state index in [9.17, 15) is 14.4 Å². The molecular weight excluding hydrogens is 262 g/mol. The monoisotopic (exact) mass is 279 g/mol. The summed E-state index contributed by atoms with van der Waals surface area (Å²) >= 11 is 0. The Balaban J connectivity index is 2.60. The van der Waals surface area contributed by atoms with Crippen LogP contribution in [0.5, 0.6) is 0 Å². The van der Waals surface area contributed by atoms with E-state index in [-0.39, 0.29) is 19.3 Å². The van der Waals surface area contributed by atoms with Gasteiger partial charge in [0.2, 0.25) is 5.91 Å². The first kappa shape index (κ1) is 15.7. The van der Waals surface area contributed by atoms with Crippen molar-refractivity contribution in [3.63, 3.8) is 0 Å². The molecule has 0 aliphatic carbocycles. The van der Waals surface area contributed by atoms with Gasteiger partial charge in [-0.05, 0) is 24.5 Å². The Morgan fingerprint density at radius 3 is 2.40 bits per heavy atom. The van der Waals surface area contributed by atoms with Gasteiger partial charge < -0.3 is 15.5 Å². The van der Waals surface area contributed by atoms with Gasteiger partial charge >= 0.3 is 11.9 Å². The lowest BCUT2D eigenvalue weighted by Crippen LogP contribution is -2.41. The number of aryl methyl sites for hydroxylation is 1. The van der Waals surface area contributed by atoms with E-state index in [4.69, 9.17) is 10.2 Å². The van der Waals surface area contributed by atoms with Gasteiger partial charge in [0, 0.05) is 6.42 Å². The Kier molecular flexibility index (Phi) is 5.71. The van der Waals surface area contributed by atoms with Gasteiger partial charge in [0.15, 0.2) is 0 Å². The molecule has 0 fully saturated rings. The smallest absolute Gasteiger partial charge is 0.326 e. The molecule has 6 nitrogen and oxygen atoms in total. The van der Waals surface area contributed by atoms with Gasteiger partial charge in [0.1, 0.15) is 6.04 Å². The average Bonchev–Trinajstić information content (AvgIpc) is 2.36. The first-order valence-corrected chi connectivity index (χ1v) is 6.18. The molecule has 0 aromatic heterocycles. The third-order valence-electron chi connectivity index (χ3n) is 2.89. The summed E-state index contributed by atoms with van der Waals surface area (Å²) in [5, 5.41) is 19.8. The maximum Gasteiger partial charge on any atom is 0.326 e. The highest BCUT2D eigenvalue weighted by Crippen LogP contribution is 2.08. The van der Waals surface area contributed by atoms with Crippen LogP contribution in [0.25, 0.3) is 0 Å². The molecule has 0 bridgehead atoms. The Morgan fingerprint density at radius 2 is 1.85 bits per heavy atom. The summed E-state index contributed by atoms with van der Waals surface area (Å²) in [7, 11) is 0. The number of aliphatic carboxylic acids is 2. The van der Waals surface area contributed by atoms with Crippen molar-refractivity contribution in [1.29, 1.82) is 0 Å². The molecule has 0 aliphatic heterocycles. The minimum atomic E-state index is -1.23. The number of carbonyl (C=O) groups is 3. The second-order valence-corrected chi connectivity index (χ2v) is 4.49. The average molecular weight is 279 g/mol. The van der Waals surface area contributed by atoms with Crippen LogP contribution >= 0.6 is 0 Å². The molecule has 0 unspecified atom stereocenters. The maximum atomic E-state index is 11.8. The minimum absolute atomic E-state index is 0.0729. The lowest BCUT2D eigenvalue weighted by atomic mass is 10.0. The van der Waals surface area contributed by atoms with Crippen LogP contribution in [0.2, 0.25) is 0 Å². The van der Waals surface area contributed by atoms with Crippen molar-refractivity contribution in [2.45, 2.75) is 32.2 Å². The Hall–Kier alpha value is -2.37. The number of carbonyl (C=O) groups excluding carboxylic acids is 1. The lowest BCUT2D eigenvalue weighted by molar-refractivity contribution is -0.143. The van der Waals surface area contributed by atoms with E-state index in [1.807, 2.05) is 19.1 Å². The predicted molar refractivity (Wildman–Crippen MR) is 71.3 cm³/mol. The molecular formula is C14H17NO5. The number of hydrogen-bond donors (Lipinski definition) is 3. The third kappa shape index (κ3) is 5.09. The van der Waals surface area contributed by atoms with E-state index in [0.717, 1.165) is 11.1 Å². The largest absolute Gasteiger partial charge is 0.481 e. The van der Waals surface area contributed by atoms with Gasteiger partial charge in [-0.25, -0.2) is 4.79 Å². The zero-order valence-electron chi connectivity index (χ0n) is 11.1. The zero-order valence-corrected chi connectivity index (χ0v) is 11.1. The molecule has 3 N–H and O–H groups in total. The van der Waals surface area contributed by atoms with Gasteiger partial charge in [-0.2, -0.15) is 0 Å². The van der Waals surface area contributed by atoms with Gasteiger partial charge in [-0.15, -0.1) is 0 Å². The molecule has 1 aromatic carbocycles. The zero-order chi connectivity index (χ0) is 15.1. The Labute approximate surface area is 116 Å². The van der Waals surface area contributed by atoms with Crippen molar-refractivity contribution in [2.24, 2.45) is 0 Å². The molecule has 6 heteroatoms. The van der Waals surface area contributed by atoms with E-state index < -0.39 is 23.9 Å². The number of rotatable bonds is 7. The van der Waals surface area contributed by atoms with Crippen LogP contribution in [0.1, 0.15) is 24.0 Å². The van der Waals surface area contributed by atoms with Crippen molar-refractivity contribution >= 4 is 17.8 Å². The number of amides is 1. The van der Waals surface area contributed by atoms with E-state index in [2.05, 4.69) is 5.32 Å². The Morgan fingerprint density at radius 1 is 1.20 bits per heavy atom. The number of hydrogen-bond acceptors (Lipinski definition) is 3. The molecule has 1 rings (SSSR count). The fraction of sp³-hybridized carbons (Fsp3) is 0.357. The summed E-state index contributed by atoms with van der Waals surface area (Å²) in [5.41, 5.74) is 1.76. The summed E-state index contributed by atoms with van der Waals surface area (Å²) in [6.45, 7) is 1.86. The molecule has 0 aliphatic rings. The van der Waals surface area contributed by atoms with Gasteiger partial charge in [0.05, 0.1) is 6.42 Å². The highest BCUT2D eigenvalue weighted by Gasteiger charge is 2.21. The number of benzene rings is 1. The summed E-state index contributed by atoms with van der Waals surface area (Å²) in [6.07, 6.45) is -0.366. The van der Waals surface area contributed by atoms with Gasteiger partial charge in [-0.3, -0.25) is 9.59 Å². The molecule has 1 aromatic rings. The van der Waals surface area contributed by atoms with Crippen LogP contribution in [0.15, 0.2) is 24.3 Å². The molecule has 0 spiro atoms. The molecule has 0 saturated carbocycles. The van der Waals surface area contributed by atoms with Crippen LogP contribution in [0.4, 0.5) is 0 Å². The van der Waals surface area contributed by atoms with Crippen LogP contribution in [-0.4, -0.2) is 34.1 Å². The molecule has 1 amide bonds. The van der Waals surface area contributed by atoms with Crippen molar-refractivity contribution < 1.29 is 24.6 Å². The van der Waals surface area contributed by atoms with Crippen molar-refractivity contribution in [3.8, 4) is 0 Å². The topological polar surface area (TPSA) is 104 Å². The van der Waals surface area contributed by atoms with Crippen LogP contribution in [-0.2, 0) is 20.8 Å². The van der Waals surface area contributed by atoms with Gasteiger partial charge in [-0.1, -0.05) is 24.3 Å². The number of nitrogens with one attached hydrogen (secondary N) is 1. The highest BCUT2D eigenvalue weighted by molar-refractivity contribution is 5.85. The summed E-state index contributed by atoms with van der Waals surface area (Å²) in [6, 6.07) is 6.13. The van der Waals surface area contributed by atoms with Crippen LogP contribution < -0.4 is 5.32 Å². The van der Waals surface area contributed by atoms with Crippen molar-refractivity contribution in [2.75, 3.05) is 0 Å². The number of carboxylic acids is 2. The van der Waals surface area contributed by atoms with Crippen molar-refractivity contribution in [3.05, 3.63) is 35.4 Å². The predicted octanol–water partition coefficient (Wildman–Crippen LogP) is 0.972. The van der Waals surface area contributed by atoms with Crippen LogP contribution in [0, 0.1) is 6.92 Å². The quantitative estimate of drug-likeness (QED) is 0.690. The molecule has 0 saturated heterocycles. The maximum absolute atomic E-state index is 11.8. The molecule has 0 radical (unpaired) electrons.